The Hall–Kier alpha value is 0.217. The number of rotatable bonds is 21. The van der Waals surface area contributed by atoms with Gasteiger partial charge in [-0.15, -0.1) is 0 Å². The lowest BCUT2D eigenvalue weighted by Crippen LogP contribution is -1.84. The van der Waals surface area contributed by atoms with Crippen molar-refractivity contribution in [3.63, 3.8) is 0 Å². The molecule has 0 atom stereocenters. The Labute approximate surface area is 158 Å². The zero-order valence-corrected chi connectivity index (χ0v) is 18.1. The second-order valence-electron chi connectivity index (χ2n) is 7.82. The van der Waals surface area contributed by atoms with Crippen molar-refractivity contribution in [1.29, 1.82) is 0 Å². The Kier molecular flexibility index (Phi) is 23.4. The minimum Gasteiger partial charge on any atom is -0.0654 e. The summed E-state index contributed by atoms with van der Waals surface area (Å²) in [6.45, 7) is 2.30. The molecule has 0 saturated heterocycles. The van der Waals surface area contributed by atoms with Gasteiger partial charge in [0.15, 0.2) is 0 Å². The van der Waals surface area contributed by atoms with E-state index in [0.29, 0.717) is 0 Å². The van der Waals surface area contributed by atoms with Gasteiger partial charge in [0, 0.05) is 10.2 Å². The molecule has 0 aliphatic carbocycles. The largest absolute Gasteiger partial charge is 0.0654 e. The third-order valence-electron chi connectivity index (χ3n) is 5.28. The van der Waals surface area contributed by atoms with E-state index < -0.39 is 0 Å². The van der Waals surface area contributed by atoms with E-state index in [9.17, 15) is 0 Å². The molecule has 0 amide bonds. The van der Waals surface area contributed by atoms with Crippen LogP contribution >= 0.6 is 0 Å². The highest BCUT2D eigenvalue weighted by atomic mass is 28.1. The number of unbranched alkanes of at least 4 members (excludes halogenated alkanes) is 20. The van der Waals surface area contributed by atoms with Gasteiger partial charge in [0.25, 0.3) is 0 Å². The van der Waals surface area contributed by atoms with Gasteiger partial charge in [-0.25, -0.2) is 0 Å². The highest BCUT2D eigenvalue weighted by Crippen LogP contribution is 2.15. The summed E-state index contributed by atoms with van der Waals surface area (Å²) >= 11 is 0. The second-order valence-corrected chi connectivity index (χ2v) is 8.32. The van der Waals surface area contributed by atoms with Crippen LogP contribution in [0.3, 0.4) is 0 Å². The van der Waals surface area contributed by atoms with Crippen molar-refractivity contribution in [2.24, 2.45) is 0 Å². The Morgan fingerprint density at radius 3 is 0.750 bits per heavy atom. The van der Waals surface area contributed by atoms with E-state index >= 15 is 0 Å². The summed E-state index contributed by atoms with van der Waals surface area (Å²) in [5.74, 6) is 0. The van der Waals surface area contributed by atoms with E-state index in [0.717, 1.165) is 0 Å². The molecule has 0 rings (SSSR count). The molecule has 0 bridgehead atoms. The van der Waals surface area contributed by atoms with Gasteiger partial charge in [0.2, 0.25) is 0 Å². The molecule has 0 fully saturated rings. The molecule has 0 aromatic carbocycles. The molecule has 0 saturated carbocycles. The van der Waals surface area contributed by atoms with E-state index in [2.05, 4.69) is 17.2 Å². The lowest BCUT2D eigenvalue weighted by atomic mass is 10.0. The third-order valence-corrected chi connectivity index (χ3v) is 5.63. The van der Waals surface area contributed by atoms with Crippen LogP contribution in [0.15, 0.2) is 0 Å². The minimum absolute atomic E-state index is 1.18. The maximum Gasteiger partial charge on any atom is 0.0222 e. The van der Waals surface area contributed by atoms with Gasteiger partial charge >= 0.3 is 0 Å². The molecule has 0 heterocycles. The van der Waals surface area contributed by atoms with E-state index in [1.165, 1.54) is 141 Å². The Balaban J connectivity index is 2.93. The molecule has 0 unspecified atom stereocenters. The Morgan fingerprint density at radius 2 is 0.542 bits per heavy atom. The predicted molar refractivity (Wildman–Crippen MR) is 113 cm³/mol. The van der Waals surface area contributed by atoms with Crippen LogP contribution in [-0.4, -0.2) is 10.2 Å². The molecule has 0 aromatic heterocycles. The van der Waals surface area contributed by atoms with Crippen LogP contribution in [0.2, 0.25) is 6.04 Å². The van der Waals surface area contributed by atoms with Gasteiger partial charge < -0.3 is 0 Å². The minimum atomic E-state index is 1.18. The standard InChI is InChI=1S/C23H47Si/c1-2-3-4-5-6-7-8-9-10-11-12-13-14-15-16-17-18-19-20-21-22-23-24/h2-23H2,1H3. The van der Waals surface area contributed by atoms with E-state index in [-0.39, 0.29) is 0 Å². The van der Waals surface area contributed by atoms with Crippen molar-refractivity contribution in [3.05, 3.63) is 0 Å². The summed E-state index contributed by atoms with van der Waals surface area (Å²) in [6, 6.07) is 1.18. The SMILES string of the molecule is CCCCCCCCCCCCCCCCCCCCCCC[Si]. The van der Waals surface area contributed by atoms with Gasteiger partial charge in [0.05, 0.1) is 0 Å². The third kappa shape index (κ3) is 22.2. The van der Waals surface area contributed by atoms with E-state index in [4.69, 9.17) is 0 Å². The second kappa shape index (κ2) is 23.2. The van der Waals surface area contributed by atoms with E-state index in [1.807, 2.05) is 0 Å². The zero-order valence-electron chi connectivity index (χ0n) is 17.1. The van der Waals surface area contributed by atoms with Gasteiger partial charge in [-0.1, -0.05) is 148 Å². The maximum atomic E-state index is 3.55. The topological polar surface area (TPSA) is 0 Å². The van der Waals surface area contributed by atoms with Crippen molar-refractivity contribution in [3.8, 4) is 0 Å². The van der Waals surface area contributed by atoms with Crippen LogP contribution in [0.5, 0.6) is 0 Å². The summed E-state index contributed by atoms with van der Waals surface area (Å²) in [6.07, 6.45) is 30.7. The van der Waals surface area contributed by atoms with Crippen LogP contribution in [0, 0.1) is 0 Å². The molecule has 0 nitrogen and oxygen atoms in total. The first-order valence-electron chi connectivity index (χ1n) is 11.6. The number of hydrogen-bond acceptors (Lipinski definition) is 0. The molecule has 0 spiro atoms. The van der Waals surface area contributed by atoms with Crippen LogP contribution in [-0.2, 0) is 0 Å². The van der Waals surface area contributed by atoms with Gasteiger partial charge in [0.1, 0.15) is 0 Å². The molecule has 143 valence electrons. The molecule has 0 aliphatic heterocycles. The molecule has 0 N–H and O–H groups in total. The fourth-order valence-corrected chi connectivity index (χ4v) is 3.81. The first-order valence-corrected chi connectivity index (χ1v) is 12.3. The summed E-state index contributed by atoms with van der Waals surface area (Å²) in [4.78, 5) is 0. The van der Waals surface area contributed by atoms with Crippen molar-refractivity contribution >= 4 is 10.2 Å². The van der Waals surface area contributed by atoms with Crippen molar-refractivity contribution in [2.75, 3.05) is 0 Å². The van der Waals surface area contributed by atoms with Crippen LogP contribution < -0.4 is 0 Å². The van der Waals surface area contributed by atoms with Crippen LogP contribution in [0.4, 0.5) is 0 Å². The van der Waals surface area contributed by atoms with Crippen molar-refractivity contribution in [2.45, 2.75) is 148 Å². The van der Waals surface area contributed by atoms with E-state index in [1.54, 1.807) is 0 Å². The van der Waals surface area contributed by atoms with Gasteiger partial charge in [-0.3, -0.25) is 0 Å². The fraction of sp³-hybridized carbons (Fsp3) is 1.00. The van der Waals surface area contributed by atoms with Gasteiger partial charge in [-0.2, -0.15) is 0 Å². The average Bonchev–Trinajstić information content (AvgIpc) is 2.60. The lowest BCUT2D eigenvalue weighted by molar-refractivity contribution is 0.521. The first kappa shape index (κ1) is 24.2. The Bertz CT molecular complexity index is 180. The van der Waals surface area contributed by atoms with Crippen molar-refractivity contribution in [1.82, 2.24) is 0 Å². The molecular weight excluding hydrogens is 304 g/mol. The van der Waals surface area contributed by atoms with Gasteiger partial charge in [-0.05, 0) is 0 Å². The molecular formula is C23H47Si. The summed E-state index contributed by atoms with van der Waals surface area (Å²) in [7, 11) is 3.55. The maximum absolute atomic E-state index is 3.55. The van der Waals surface area contributed by atoms with Crippen LogP contribution in [0.25, 0.3) is 0 Å². The molecule has 3 radical (unpaired) electrons. The smallest absolute Gasteiger partial charge is 0.0222 e. The predicted octanol–water partition coefficient (Wildman–Crippen LogP) is 8.79. The molecule has 0 aromatic rings. The Morgan fingerprint density at radius 1 is 0.333 bits per heavy atom. The monoisotopic (exact) mass is 351 g/mol. The number of hydrogen-bond donors (Lipinski definition) is 0. The summed E-state index contributed by atoms with van der Waals surface area (Å²) in [5.41, 5.74) is 0. The lowest BCUT2D eigenvalue weighted by Gasteiger charge is -2.04. The molecule has 24 heavy (non-hydrogen) atoms. The highest BCUT2D eigenvalue weighted by Gasteiger charge is 1.95. The van der Waals surface area contributed by atoms with Crippen LogP contribution in [0.1, 0.15) is 142 Å². The summed E-state index contributed by atoms with van der Waals surface area (Å²) in [5, 5.41) is 0. The normalized spacial score (nSPS) is 11.2. The zero-order chi connectivity index (χ0) is 17.6. The van der Waals surface area contributed by atoms with Crippen molar-refractivity contribution < 1.29 is 0 Å². The first-order chi connectivity index (χ1) is 11.9. The average molecular weight is 352 g/mol. The highest BCUT2D eigenvalue weighted by molar-refractivity contribution is 6.08. The molecule has 0 aliphatic rings. The quantitative estimate of drug-likeness (QED) is 0.143. The fourth-order valence-electron chi connectivity index (χ4n) is 3.56. The summed E-state index contributed by atoms with van der Waals surface area (Å²) < 4.78 is 0. The molecule has 1 heteroatoms.